The summed E-state index contributed by atoms with van der Waals surface area (Å²) in [5, 5.41) is 2.90. The first-order chi connectivity index (χ1) is 8.81. The van der Waals surface area contributed by atoms with Crippen LogP contribution in [0.1, 0.15) is 30.9 Å². The van der Waals surface area contributed by atoms with Crippen LogP contribution in [0.4, 0.5) is 17.6 Å². The Balaban J connectivity index is 2.75. The maximum Gasteiger partial charge on any atom is 0.390 e. The summed E-state index contributed by atoms with van der Waals surface area (Å²) in [5.41, 5.74) is 1.43. The molecule has 0 saturated heterocycles. The molecule has 0 bridgehead atoms. The number of alkyl halides is 3. The highest BCUT2D eigenvalue weighted by Gasteiger charge is 2.31. The Labute approximate surface area is 111 Å². The van der Waals surface area contributed by atoms with Crippen molar-refractivity contribution in [2.45, 2.75) is 45.3 Å². The number of hydrogen-bond donors (Lipinski definition) is 1. The fraction of sp³-hybridized carbons (Fsp3) is 0.571. The first-order valence-corrected chi connectivity index (χ1v) is 6.37. The molecule has 19 heavy (non-hydrogen) atoms. The van der Waals surface area contributed by atoms with E-state index in [9.17, 15) is 17.6 Å². The normalized spacial score (nSPS) is 13.6. The van der Waals surface area contributed by atoms with E-state index in [2.05, 4.69) is 5.32 Å². The molecule has 0 aliphatic rings. The van der Waals surface area contributed by atoms with E-state index in [1.165, 1.54) is 12.1 Å². The summed E-state index contributed by atoms with van der Waals surface area (Å²) in [6, 6.07) is 3.53. The largest absolute Gasteiger partial charge is 0.390 e. The second-order valence-corrected chi connectivity index (χ2v) is 4.75. The van der Waals surface area contributed by atoms with Gasteiger partial charge in [0.2, 0.25) is 0 Å². The van der Waals surface area contributed by atoms with Gasteiger partial charge >= 0.3 is 6.18 Å². The van der Waals surface area contributed by atoms with Gasteiger partial charge in [-0.2, -0.15) is 13.2 Å². The number of benzene rings is 1. The lowest BCUT2D eigenvalue weighted by Crippen LogP contribution is -2.36. The summed E-state index contributed by atoms with van der Waals surface area (Å²) < 4.78 is 50.5. The van der Waals surface area contributed by atoms with Crippen molar-refractivity contribution in [2.24, 2.45) is 0 Å². The topological polar surface area (TPSA) is 12.0 Å². The Bertz CT molecular complexity index is 401. The molecule has 0 heterocycles. The van der Waals surface area contributed by atoms with E-state index in [1.54, 1.807) is 13.0 Å². The molecule has 108 valence electrons. The SMILES string of the molecule is CCCNC(Cc1ccc(F)cc1C)CC(F)(F)F. The Hall–Kier alpha value is -1.10. The van der Waals surface area contributed by atoms with Crippen molar-refractivity contribution < 1.29 is 17.6 Å². The molecular weight excluding hydrogens is 258 g/mol. The van der Waals surface area contributed by atoms with Crippen LogP contribution < -0.4 is 5.32 Å². The van der Waals surface area contributed by atoms with Crippen molar-refractivity contribution in [3.63, 3.8) is 0 Å². The fourth-order valence-corrected chi connectivity index (χ4v) is 2.00. The van der Waals surface area contributed by atoms with Gasteiger partial charge in [0.25, 0.3) is 0 Å². The minimum absolute atomic E-state index is 0.256. The van der Waals surface area contributed by atoms with E-state index >= 15 is 0 Å². The van der Waals surface area contributed by atoms with Crippen LogP contribution >= 0.6 is 0 Å². The number of halogens is 4. The maximum absolute atomic E-state index is 13.0. The number of hydrogen-bond acceptors (Lipinski definition) is 1. The second-order valence-electron chi connectivity index (χ2n) is 4.75. The fourth-order valence-electron chi connectivity index (χ4n) is 2.00. The van der Waals surface area contributed by atoms with E-state index in [1.807, 2.05) is 6.92 Å². The van der Waals surface area contributed by atoms with E-state index in [0.717, 1.165) is 12.0 Å². The van der Waals surface area contributed by atoms with Crippen LogP contribution in [-0.2, 0) is 6.42 Å². The molecule has 0 spiro atoms. The molecule has 1 atom stereocenters. The average molecular weight is 277 g/mol. The molecule has 1 aromatic rings. The zero-order chi connectivity index (χ0) is 14.5. The van der Waals surface area contributed by atoms with Crippen molar-refractivity contribution in [3.8, 4) is 0 Å². The van der Waals surface area contributed by atoms with Crippen LogP contribution in [-0.4, -0.2) is 18.8 Å². The van der Waals surface area contributed by atoms with Crippen LogP contribution in [0.25, 0.3) is 0 Å². The van der Waals surface area contributed by atoms with Crippen LogP contribution in [0.5, 0.6) is 0 Å². The third kappa shape index (κ3) is 6.05. The number of rotatable bonds is 6. The van der Waals surface area contributed by atoms with Gasteiger partial charge in [-0.25, -0.2) is 4.39 Å². The highest BCUT2D eigenvalue weighted by Crippen LogP contribution is 2.24. The molecule has 1 nitrogen and oxygen atoms in total. The number of aryl methyl sites for hydroxylation is 1. The van der Waals surface area contributed by atoms with Gasteiger partial charge in [-0.15, -0.1) is 0 Å². The Morgan fingerprint density at radius 1 is 1.26 bits per heavy atom. The molecule has 0 saturated carbocycles. The predicted molar refractivity (Wildman–Crippen MR) is 67.6 cm³/mol. The first-order valence-electron chi connectivity index (χ1n) is 6.37. The van der Waals surface area contributed by atoms with E-state index in [-0.39, 0.29) is 12.2 Å². The average Bonchev–Trinajstić information content (AvgIpc) is 2.27. The molecule has 0 fully saturated rings. The quantitative estimate of drug-likeness (QED) is 0.775. The van der Waals surface area contributed by atoms with Crippen LogP contribution in [0.15, 0.2) is 18.2 Å². The summed E-state index contributed by atoms with van der Waals surface area (Å²) in [4.78, 5) is 0. The zero-order valence-corrected chi connectivity index (χ0v) is 11.1. The minimum Gasteiger partial charge on any atom is -0.313 e. The lowest BCUT2D eigenvalue weighted by atomic mass is 9.99. The summed E-state index contributed by atoms with van der Waals surface area (Å²) in [5.74, 6) is -0.366. The van der Waals surface area contributed by atoms with Crippen molar-refractivity contribution in [3.05, 3.63) is 35.1 Å². The van der Waals surface area contributed by atoms with Crippen LogP contribution in [0.2, 0.25) is 0 Å². The number of nitrogens with one attached hydrogen (secondary N) is 1. The summed E-state index contributed by atoms with van der Waals surface area (Å²) >= 11 is 0. The summed E-state index contributed by atoms with van der Waals surface area (Å²) in [6.45, 7) is 4.16. The molecular formula is C14H19F4N. The third-order valence-electron chi connectivity index (χ3n) is 2.93. The molecule has 1 unspecified atom stereocenters. The molecule has 1 N–H and O–H groups in total. The molecule has 0 aromatic heterocycles. The van der Waals surface area contributed by atoms with Gasteiger partial charge in [0.05, 0.1) is 6.42 Å². The molecule has 0 aliphatic heterocycles. The van der Waals surface area contributed by atoms with Gasteiger partial charge < -0.3 is 5.32 Å². The van der Waals surface area contributed by atoms with Crippen LogP contribution in [0.3, 0.4) is 0 Å². The maximum atomic E-state index is 13.0. The molecule has 1 aromatic carbocycles. The van der Waals surface area contributed by atoms with E-state index < -0.39 is 18.6 Å². The summed E-state index contributed by atoms with van der Waals surface area (Å²) in [6.07, 6.45) is -4.04. The van der Waals surface area contributed by atoms with Gasteiger partial charge in [0.15, 0.2) is 0 Å². The third-order valence-corrected chi connectivity index (χ3v) is 2.93. The van der Waals surface area contributed by atoms with Gasteiger partial charge in [-0.3, -0.25) is 0 Å². The van der Waals surface area contributed by atoms with Crippen molar-refractivity contribution in [1.29, 1.82) is 0 Å². The zero-order valence-electron chi connectivity index (χ0n) is 11.1. The standard InChI is InChI=1S/C14H19F4N/c1-3-6-19-13(9-14(16,17)18)8-11-4-5-12(15)7-10(11)2/h4-5,7,13,19H,3,6,8-9H2,1-2H3. The van der Waals surface area contributed by atoms with Crippen molar-refractivity contribution in [2.75, 3.05) is 6.54 Å². The molecule has 0 amide bonds. The predicted octanol–water partition coefficient (Wildman–Crippen LogP) is 4.00. The van der Waals surface area contributed by atoms with Crippen molar-refractivity contribution >= 4 is 0 Å². The Morgan fingerprint density at radius 3 is 2.47 bits per heavy atom. The lowest BCUT2D eigenvalue weighted by molar-refractivity contribution is -0.139. The smallest absolute Gasteiger partial charge is 0.313 e. The Kier molecular flexibility index (Phi) is 5.79. The minimum atomic E-state index is -4.20. The molecule has 5 heteroatoms. The van der Waals surface area contributed by atoms with E-state index in [4.69, 9.17) is 0 Å². The Morgan fingerprint density at radius 2 is 1.95 bits per heavy atom. The first kappa shape index (κ1) is 16.0. The van der Waals surface area contributed by atoms with Gasteiger partial charge in [0, 0.05) is 6.04 Å². The summed E-state index contributed by atoms with van der Waals surface area (Å²) in [7, 11) is 0. The van der Waals surface area contributed by atoms with Gasteiger partial charge in [-0.1, -0.05) is 13.0 Å². The molecule has 0 aliphatic carbocycles. The lowest BCUT2D eigenvalue weighted by Gasteiger charge is -2.21. The molecule has 0 radical (unpaired) electrons. The van der Waals surface area contributed by atoms with Gasteiger partial charge in [-0.05, 0) is 49.6 Å². The van der Waals surface area contributed by atoms with Crippen LogP contribution in [0, 0.1) is 12.7 Å². The highest BCUT2D eigenvalue weighted by atomic mass is 19.4. The highest BCUT2D eigenvalue weighted by molar-refractivity contribution is 5.27. The van der Waals surface area contributed by atoms with E-state index in [0.29, 0.717) is 12.1 Å². The van der Waals surface area contributed by atoms with Crippen molar-refractivity contribution in [1.82, 2.24) is 5.32 Å². The molecule has 1 rings (SSSR count). The van der Waals surface area contributed by atoms with Gasteiger partial charge in [0.1, 0.15) is 5.82 Å². The second kappa shape index (κ2) is 6.89. The monoisotopic (exact) mass is 277 g/mol.